The van der Waals surface area contributed by atoms with E-state index in [0.29, 0.717) is 30.8 Å². The van der Waals surface area contributed by atoms with Crippen molar-refractivity contribution in [2.45, 2.75) is 31.0 Å². The highest BCUT2D eigenvalue weighted by Crippen LogP contribution is 2.30. The molecule has 10 heteroatoms. The summed E-state index contributed by atoms with van der Waals surface area (Å²) in [5, 5.41) is 9.14. The summed E-state index contributed by atoms with van der Waals surface area (Å²) in [6.07, 6.45) is 0.252. The first-order valence-electron chi connectivity index (χ1n) is 11.1. The molecule has 4 aliphatic rings. The second-order valence-corrected chi connectivity index (χ2v) is 8.83. The molecular weight excluding hydrogens is 414 g/mol. The minimum atomic E-state index is -0.957. The number of carbonyl (C=O) groups excluding carboxylic acids is 4. The van der Waals surface area contributed by atoms with Gasteiger partial charge in [-0.3, -0.25) is 34.3 Å². The number of nitrogens with one attached hydrogen (secondary N) is 3. The summed E-state index contributed by atoms with van der Waals surface area (Å²) in [4.78, 5) is 53.4. The summed E-state index contributed by atoms with van der Waals surface area (Å²) in [6, 6.07) is 4.24. The lowest BCUT2D eigenvalue weighted by Crippen LogP contribution is -2.69. The highest BCUT2D eigenvalue weighted by Gasteiger charge is 2.46. The number of amides is 4. The number of piperidine rings is 1. The molecule has 3 fully saturated rings. The molecule has 0 spiro atoms. The molecular formula is C22H27N5O5. The van der Waals surface area contributed by atoms with Crippen molar-refractivity contribution in [2.75, 3.05) is 45.9 Å². The van der Waals surface area contributed by atoms with E-state index in [1.165, 1.54) is 0 Å². The Labute approximate surface area is 185 Å². The maximum absolute atomic E-state index is 13.2. The minimum Gasteiger partial charge on any atom is -0.378 e. The Balaban J connectivity index is 1.32. The van der Waals surface area contributed by atoms with Crippen molar-refractivity contribution < 1.29 is 23.9 Å². The first-order valence-corrected chi connectivity index (χ1v) is 11.1. The summed E-state index contributed by atoms with van der Waals surface area (Å²) < 4.78 is 5.76. The van der Waals surface area contributed by atoms with E-state index in [2.05, 4.69) is 20.9 Å². The van der Waals surface area contributed by atoms with E-state index in [4.69, 9.17) is 4.74 Å². The number of nitrogens with zero attached hydrogens (tertiary/aromatic N) is 2. The van der Waals surface area contributed by atoms with E-state index < -0.39 is 23.8 Å². The number of rotatable bonds is 5. The molecule has 0 radical (unpaired) electrons. The normalized spacial score (nSPS) is 28.5. The van der Waals surface area contributed by atoms with Crippen molar-refractivity contribution in [3.63, 3.8) is 0 Å². The van der Waals surface area contributed by atoms with Crippen molar-refractivity contribution in [1.82, 2.24) is 25.8 Å². The molecule has 1 aromatic rings. The summed E-state index contributed by atoms with van der Waals surface area (Å²) in [5.74, 6) is -1.94. The van der Waals surface area contributed by atoms with Crippen LogP contribution < -0.4 is 16.0 Å². The van der Waals surface area contributed by atoms with E-state index in [1.54, 1.807) is 12.1 Å². The maximum Gasteiger partial charge on any atom is 0.262 e. The van der Waals surface area contributed by atoms with E-state index in [-0.39, 0.29) is 24.3 Å². The first kappa shape index (κ1) is 21.2. The van der Waals surface area contributed by atoms with Crippen LogP contribution in [0.3, 0.4) is 0 Å². The second-order valence-electron chi connectivity index (χ2n) is 8.83. The summed E-state index contributed by atoms with van der Waals surface area (Å²) in [5.41, 5.74) is 1.23. The average molecular weight is 441 g/mol. The van der Waals surface area contributed by atoms with Crippen LogP contribution in [0.25, 0.3) is 0 Å². The van der Waals surface area contributed by atoms with Crippen LogP contribution in [-0.4, -0.2) is 90.9 Å². The molecule has 0 saturated carbocycles. The Morgan fingerprint density at radius 3 is 2.88 bits per heavy atom. The van der Waals surface area contributed by atoms with Crippen LogP contribution in [-0.2, 0) is 20.9 Å². The Morgan fingerprint density at radius 1 is 1.16 bits per heavy atom. The van der Waals surface area contributed by atoms with Crippen LogP contribution in [0.1, 0.15) is 39.1 Å². The van der Waals surface area contributed by atoms with Crippen molar-refractivity contribution in [1.29, 1.82) is 0 Å². The quantitative estimate of drug-likeness (QED) is 0.490. The third kappa shape index (κ3) is 3.53. The first-order chi connectivity index (χ1) is 15.5. The molecule has 2 unspecified atom stereocenters. The van der Waals surface area contributed by atoms with Crippen LogP contribution in [0, 0.1) is 0 Å². The van der Waals surface area contributed by atoms with Gasteiger partial charge < -0.3 is 15.4 Å². The van der Waals surface area contributed by atoms with Crippen molar-refractivity contribution in [3.05, 3.63) is 34.9 Å². The van der Waals surface area contributed by atoms with Crippen molar-refractivity contribution in [3.8, 4) is 0 Å². The van der Waals surface area contributed by atoms with E-state index in [1.807, 2.05) is 6.07 Å². The fraction of sp³-hybridized carbons (Fsp3) is 0.545. The molecule has 10 nitrogen and oxygen atoms in total. The monoisotopic (exact) mass is 441 g/mol. The van der Waals surface area contributed by atoms with Gasteiger partial charge in [0.05, 0.1) is 29.9 Å². The lowest BCUT2D eigenvalue weighted by molar-refractivity contribution is -0.136. The van der Waals surface area contributed by atoms with Gasteiger partial charge in [-0.1, -0.05) is 12.1 Å². The van der Waals surface area contributed by atoms with Gasteiger partial charge in [0.25, 0.3) is 11.8 Å². The molecule has 4 amide bonds. The Hall–Kier alpha value is -2.66. The Kier molecular flexibility index (Phi) is 5.54. The highest BCUT2D eigenvalue weighted by molar-refractivity contribution is 6.24. The Bertz CT molecular complexity index is 967. The van der Waals surface area contributed by atoms with E-state index in [9.17, 15) is 19.2 Å². The van der Waals surface area contributed by atoms with Crippen LogP contribution in [0.4, 0.5) is 0 Å². The van der Waals surface area contributed by atoms with Crippen molar-refractivity contribution >= 4 is 23.6 Å². The summed E-state index contributed by atoms with van der Waals surface area (Å²) in [7, 11) is 0. The highest BCUT2D eigenvalue weighted by atomic mass is 16.5. The van der Waals surface area contributed by atoms with Gasteiger partial charge in [0.2, 0.25) is 11.8 Å². The summed E-state index contributed by atoms with van der Waals surface area (Å²) >= 11 is 0. The van der Waals surface area contributed by atoms with Gasteiger partial charge in [-0.15, -0.1) is 0 Å². The predicted molar refractivity (Wildman–Crippen MR) is 113 cm³/mol. The molecule has 0 aliphatic carbocycles. The van der Waals surface area contributed by atoms with E-state index in [0.717, 1.165) is 43.2 Å². The van der Waals surface area contributed by atoms with Gasteiger partial charge in [0, 0.05) is 45.7 Å². The number of imide groups is 2. The van der Waals surface area contributed by atoms with Crippen LogP contribution in [0.5, 0.6) is 0 Å². The molecule has 32 heavy (non-hydrogen) atoms. The van der Waals surface area contributed by atoms with Gasteiger partial charge in [0.15, 0.2) is 0 Å². The summed E-state index contributed by atoms with van der Waals surface area (Å²) in [6.45, 7) is 6.14. The molecule has 4 heterocycles. The lowest BCUT2D eigenvalue weighted by atomic mass is 9.93. The van der Waals surface area contributed by atoms with Crippen molar-refractivity contribution in [2.24, 2.45) is 0 Å². The number of ether oxygens (including phenoxy) is 1. The number of piperazine rings is 1. The smallest absolute Gasteiger partial charge is 0.262 e. The van der Waals surface area contributed by atoms with E-state index >= 15 is 0 Å². The third-order valence-corrected chi connectivity index (χ3v) is 6.88. The molecule has 5 rings (SSSR count). The number of fused-ring (bicyclic) bond motifs is 2. The molecule has 3 N–H and O–H groups in total. The number of hydrogen-bond donors (Lipinski definition) is 3. The number of hydrogen-bond acceptors (Lipinski definition) is 8. The third-order valence-electron chi connectivity index (χ3n) is 6.88. The average Bonchev–Trinajstić information content (AvgIpc) is 3.05. The van der Waals surface area contributed by atoms with Gasteiger partial charge in [-0.05, 0) is 18.1 Å². The second kappa shape index (κ2) is 8.36. The SMILES string of the molecule is O=C1CCC(N2C(=O)c3cccc(CNCC45CNCCN4CCOC5)c3C2=O)C(=O)N1. The van der Waals surface area contributed by atoms with Crippen LogP contribution >= 0.6 is 0 Å². The molecule has 3 saturated heterocycles. The molecule has 4 aliphatic heterocycles. The minimum absolute atomic E-state index is 0.104. The number of benzene rings is 1. The zero-order chi connectivity index (χ0) is 22.3. The fourth-order valence-electron chi connectivity index (χ4n) is 5.20. The molecule has 0 aromatic heterocycles. The zero-order valence-electron chi connectivity index (χ0n) is 17.8. The predicted octanol–water partition coefficient (Wildman–Crippen LogP) is -1.15. The van der Waals surface area contributed by atoms with Crippen LogP contribution in [0.15, 0.2) is 18.2 Å². The maximum atomic E-state index is 13.2. The largest absolute Gasteiger partial charge is 0.378 e. The lowest BCUT2D eigenvalue weighted by Gasteiger charge is -2.50. The van der Waals surface area contributed by atoms with Gasteiger partial charge >= 0.3 is 0 Å². The fourth-order valence-corrected chi connectivity index (χ4v) is 5.20. The Morgan fingerprint density at radius 2 is 2.03 bits per heavy atom. The molecule has 0 bridgehead atoms. The molecule has 170 valence electrons. The van der Waals surface area contributed by atoms with Gasteiger partial charge in [-0.25, -0.2) is 0 Å². The zero-order valence-corrected chi connectivity index (χ0v) is 17.8. The van der Waals surface area contributed by atoms with Gasteiger partial charge in [0.1, 0.15) is 6.04 Å². The molecule has 1 aromatic carbocycles. The topological polar surface area (TPSA) is 120 Å². The molecule has 2 atom stereocenters. The number of carbonyl (C=O) groups is 4. The van der Waals surface area contributed by atoms with Crippen LogP contribution in [0.2, 0.25) is 0 Å². The van der Waals surface area contributed by atoms with Gasteiger partial charge in [-0.2, -0.15) is 0 Å². The number of morpholine rings is 1. The standard InChI is InChI=1S/C22H27N5O5/c28-17-5-4-16(19(29)25-17)27-20(30)15-3-1-2-14(18(15)21(27)31)10-24-12-22-11-23-6-7-26(22)8-9-32-13-22/h1-3,16,23-24H,4-13H2,(H,25,28,29).